The maximum Gasteiger partial charge on any atom is 0.279 e. The molecule has 0 bridgehead atoms. The molecule has 1 fully saturated rings. The van der Waals surface area contributed by atoms with Gasteiger partial charge in [0.15, 0.2) is 17.7 Å². The third kappa shape index (κ3) is 4.14. The fourth-order valence-corrected chi connectivity index (χ4v) is 2.98. The third-order valence-corrected chi connectivity index (χ3v) is 4.59. The maximum atomic E-state index is 13.5. The summed E-state index contributed by atoms with van der Waals surface area (Å²) in [6.07, 6.45) is -0.294. The first-order valence-electron chi connectivity index (χ1n) is 8.22. The monoisotopic (exact) mass is 376 g/mol. The van der Waals surface area contributed by atoms with Gasteiger partial charge in [-0.15, -0.1) is 0 Å². The molecule has 7 heteroatoms. The molecule has 3 unspecified atom stereocenters. The van der Waals surface area contributed by atoms with Crippen LogP contribution in [0.4, 0.5) is 4.39 Å². The molecule has 3 atom stereocenters. The van der Waals surface area contributed by atoms with E-state index in [1.54, 1.807) is 12.1 Å². The number of para-hydroxylation sites is 1. The second kappa shape index (κ2) is 7.74. The Morgan fingerprint density at radius 2 is 1.85 bits per heavy atom. The molecule has 2 amide bonds. The lowest BCUT2D eigenvalue weighted by Crippen LogP contribution is -2.47. The minimum absolute atomic E-state index is 0.0255. The van der Waals surface area contributed by atoms with E-state index >= 15 is 0 Å². The van der Waals surface area contributed by atoms with Crippen molar-refractivity contribution >= 4 is 23.4 Å². The van der Waals surface area contributed by atoms with Crippen molar-refractivity contribution in [1.82, 2.24) is 10.9 Å². The Kier molecular flexibility index (Phi) is 5.42. The fourth-order valence-electron chi connectivity index (χ4n) is 2.71. The average Bonchev–Trinajstić information content (AvgIpc) is 3.42. The number of nitrogens with one attached hydrogen (secondary N) is 2. The van der Waals surface area contributed by atoms with Crippen LogP contribution in [0.5, 0.6) is 5.75 Å². The summed E-state index contributed by atoms with van der Waals surface area (Å²) in [6, 6.07) is 13.2. The normalized spacial score (nSPS) is 19.3. The zero-order valence-electron chi connectivity index (χ0n) is 14.0. The molecule has 26 heavy (non-hydrogen) atoms. The molecular weight excluding hydrogens is 359 g/mol. The van der Waals surface area contributed by atoms with Gasteiger partial charge in [-0.25, -0.2) is 4.39 Å². The molecule has 0 saturated heterocycles. The highest BCUT2D eigenvalue weighted by molar-refractivity contribution is 6.31. The van der Waals surface area contributed by atoms with Gasteiger partial charge in [0.1, 0.15) is 0 Å². The highest BCUT2D eigenvalue weighted by Gasteiger charge is 2.45. The van der Waals surface area contributed by atoms with Crippen molar-refractivity contribution in [3.63, 3.8) is 0 Å². The van der Waals surface area contributed by atoms with E-state index in [1.165, 1.54) is 25.1 Å². The van der Waals surface area contributed by atoms with Gasteiger partial charge in [0, 0.05) is 10.9 Å². The number of carbonyl (C=O) groups excluding carboxylic acids is 2. The molecule has 1 aliphatic rings. The van der Waals surface area contributed by atoms with Crippen molar-refractivity contribution in [1.29, 1.82) is 0 Å². The van der Waals surface area contributed by atoms with Crippen LogP contribution in [0.25, 0.3) is 0 Å². The molecule has 0 heterocycles. The second-order valence-electron chi connectivity index (χ2n) is 6.14. The number of benzene rings is 2. The Balaban J connectivity index is 1.48. The second-order valence-corrected chi connectivity index (χ2v) is 6.55. The Hall–Kier alpha value is -2.60. The van der Waals surface area contributed by atoms with E-state index in [9.17, 15) is 14.0 Å². The molecule has 1 saturated carbocycles. The van der Waals surface area contributed by atoms with Crippen LogP contribution in [0.2, 0.25) is 5.02 Å². The Labute approximate surface area is 155 Å². The van der Waals surface area contributed by atoms with E-state index in [-0.39, 0.29) is 23.5 Å². The van der Waals surface area contributed by atoms with Gasteiger partial charge in [0.2, 0.25) is 5.91 Å². The Bertz CT molecular complexity index is 816. The fraction of sp³-hybridized carbons (Fsp3) is 0.263. The first-order valence-corrected chi connectivity index (χ1v) is 8.60. The topological polar surface area (TPSA) is 67.4 Å². The van der Waals surface area contributed by atoms with Gasteiger partial charge in [-0.1, -0.05) is 41.9 Å². The van der Waals surface area contributed by atoms with E-state index in [2.05, 4.69) is 10.9 Å². The maximum absolute atomic E-state index is 13.5. The van der Waals surface area contributed by atoms with Gasteiger partial charge in [-0.3, -0.25) is 20.4 Å². The molecule has 5 nitrogen and oxygen atoms in total. The first-order chi connectivity index (χ1) is 12.5. The molecule has 136 valence electrons. The third-order valence-electron chi connectivity index (χ3n) is 4.25. The first kappa shape index (κ1) is 18.2. The Morgan fingerprint density at radius 1 is 1.15 bits per heavy atom. The molecule has 0 aliphatic heterocycles. The van der Waals surface area contributed by atoms with Crippen LogP contribution in [0, 0.1) is 11.7 Å². The summed E-state index contributed by atoms with van der Waals surface area (Å²) < 4.78 is 18.8. The molecule has 0 radical (unpaired) electrons. The summed E-state index contributed by atoms with van der Waals surface area (Å²) in [6.45, 7) is 1.47. The number of hydrogen-bond acceptors (Lipinski definition) is 3. The van der Waals surface area contributed by atoms with E-state index in [4.69, 9.17) is 16.3 Å². The van der Waals surface area contributed by atoms with Gasteiger partial charge in [0.25, 0.3) is 5.91 Å². The van der Waals surface area contributed by atoms with E-state index in [0.717, 1.165) is 5.56 Å². The summed E-state index contributed by atoms with van der Waals surface area (Å²) in [5.74, 6) is -1.64. The lowest BCUT2D eigenvalue weighted by Gasteiger charge is -2.15. The number of hydrazine groups is 1. The Morgan fingerprint density at radius 3 is 2.58 bits per heavy atom. The molecule has 1 aliphatic carbocycles. The summed E-state index contributed by atoms with van der Waals surface area (Å²) in [7, 11) is 0. The minimum atomic E-state index is -0.967. The van der Waals surface area contributed by atoms with Crippen molar-refractivity contribution in [2.24, 2.45) is 5.92 Å². The molecule has 2 N–H and O–H groups in total. The summed E-state index contributed by atoms with van der Waals surface area (Å²) in [4.78, 5) is 24.2. The summed E-state index contributed by atoms with van der Waals surface area (Å²) in [5, 5.41) is 0.628. The van der Waals surface area contributed by atoms with Crippen molar-refractivity contribution in [2.45, 2.75) is 25.4 Å². The number of rotatable bonds is 5. The summed E-state index contributed by atoms with van der Waals surface area (Å²) in [5.41, 5.74) is 5.63. The van der Waals surface area contributed by atoms with Crippen LogP contribution < -0.4 is 15.6 Å². The SMILES string of the molecule is CC(Oc1ccccc1F)C(=O)NNC(=O)C1CC1c1ccccc1Cl. The van der Waals surface area contributed by atoms with Crippen LogP contribution in [0.3, 0.4) is 0 Å². The highest BCUT2D eigenvalue weighted by Crippen LogP contribution is 2.49. The van der Waals surface area contributed by atoms with Crippen molar-refractivity contribution in [2.75, 3.05) is 0 Å². The van der Waals surface area contributed by atoms with Crippen molar-refractivity contribution < 1.29 is 18.7 Å². The predicted molar refractivity (Wildman–Crippen MR) is 95.1 cm³/mol. The minimum Gasteiger partial charge on any atom is -0.478 e. The van der Waals surface area contributed by atoms with Gasteiger partial charge in [0.05, 0.1) is 0 Å². The lowest BCUT2D eigenvalue weighted by molar-refractivity contribution is -0.133. The van der Waals surface area contributed by atoms with Crippen molar-refractivity contribution in [3.8, 4) is 5.75 Å². The van der Waals surface area contributed by atoms with Crippen molar-refractivity contribution in [3.05, 3.63) is 64.9 Å². The van der Waals surface area contributed by atoms with Gasteiger partial charge < -0.3 is 4.74 Å². The summed E-state index contributed by atoms with van der Waals surface area (Å²) >= 11 is 6.14. The molecule has 0 aromatic heterocycles. The number of ether oxygens (including phenoxy) is 1. The average molecular weight is 377 g/mol. The molecule has 2 aromatic rings. The standard InChI is InChI=1S/C19H18ClFN2O3/c1-11(26-17-9-5-4-8-16(17)21)18(24)22-23-19(25)14-10-13(14)12-6-2-3-7-15(12)20/h2-9,11,13-14H,10H2,1H3,(H,22,24)(H,23,25). The van der Waals surface area contributed by atoms with E-state index in [1.807, 2.05) is 18.2 Å². The molecule has 3 rings (SSSR count). The lowest BCUT2D eigenvalue weighted by atomic mass is 10.1. The number of carbonyl (C=O) groups is 2. The van der Waals surface area contributed by atoms with Crippen LogP contribution in [-0.4, -0.2) is 17.9 Å². The van der Waals surface area contributed by atoms with E-state index < -0.39 is 17.8 Å². The smallest absolute Gasteiger partial charge is 0.279 e. The van der Waals surface area contributed by atoms with Crippen LogP contribution in [0.15, 0.2) is 48.5 Å². The molecule has 2 aromatic carbocycles. The van der Waals surface area contributed by atoms with Crippen LogP contribution in [-0.2, 0) is 9.59 Å². The van der Waals surface area contributed by atoms with E-state index in [0.29, 0.717) is 11.4 Å². The zero-order valence-corrected chi connectivity index (χ0v) is 14.8. The molecule has 0 spiro atoms. The largest absolute Gasteiger partial charge is 0.478 e. The number of halogens is 2. The quantitative estimate of drug-likeness (QED) is 0.787. The predicted octanol–water partition coefficient (Wildman–Crippen LogP) is 3.20. The van der Waals surface area contributed by atoms with Crippen LogP contribution >= 0.6 is 11.6 Å². The number of hydrogen-bond donors (Lipinski definition) is 2. The van der Waals surface area contributed by atoms with Crippen LogP contribution in [0.1, 0.15) is 24.8 Å². The van der Waals surface area contributed by atoms with Gasteiger partial charge in [-0.05, 0) is 43.0 Å². The van der Waals surface area contributed by atoms with Gasteiger partial charge in [-0.2, -0.15) is 0 Å². The van der Waals surface area contributed by atoms with Gasteiger partial charge >= 0.3 is 0 Å². The number of amides is 2. The molecular formula is C19H18ClFN2O3. The zero-order chi connectivity index (χ0) is 18.7. The highest BCUT2D eigenvalue weighted by atomic mass is 35.5.